The molecular formula is C13H14BrClN2O. The Balaban J connectivity index is 2.46. The zero-order valence-electron chi connectivity index (χ0n) is 10.5. The van der Waals surface area contributed by atoms with Gasteiger partial charge in [0, 0.05) is 17.9 Å². The minimum absolute atomic E-state index is 0.606. The highest BCUT2D eigenvalue weighted by atomic mass is 79.9. The minimum atomic E-state index is 0.606. The molecule has 5 heteroatoms. The molecule has 0 aliphatic rings. The average Bonchev–Trinajstić information content (AvgIpc) is 2.58. The van der Waals surface area contributed by atoms with Crippen molar-refractivity contribution in [1.82, 2.24) is 9.78 Å². The van der Waals surface area contributed by atoms with Gasteiger partial charge in [0.1, 0.15) is 11.4 Å². The first-order valence-electron chi connectivity index (χ1n) is 5.56. The van der Waals surface area contributed by atoms with Crippen LogP contribution in [0.1, 0.15) is 17.0 Å². The van der Waals surface area contributed by atoms with Crippen LogP contribution in [-0.2, 0) is 12.4 Å². The monoisotopic (exact) mass is 328 g/mol. The van der Waals surface area contributed by atoms with Gasteiger partial charge in [0.25, 0.3) is 0 Å². The highest BCUT2D eigenvalue weighted by Crippen LogP contribution is 2.36. The SMILES string of the molecule is Cc1nn(C)c(C)c1Oc1c(Cl)cccc1CBr. The number of halogens is 2. The molecule has 0 spiro atoms. The van der Waals surface area contributed by atoms with E-state index in [9.17, 15) is 0 Å². The molecule has 0 saturated carbocycles. The molecule has 0 radical (unpaired) electrons. The summed E-state index contributed by atoms with van der Waals surface area (Å²) in [5, 5.41) is 5.63. The van der Waals surface area contributed by atoms with Crippen molar-refractivity contribution >= 4 is 27.5 Å². The van der Waals surface area contributed by atoms with E-state index in [1.165, 1.54) is 0 Å². The van der Waals surface area contributed by atoms with Crippen LogP contribution in [-0.4, -0.2) is 9.78 Å². The molecule has 18 heavy (non-hydrogen) atoms. The fourth-order valence-corrected chi connectivity index (χ4v) is 2.45. The average molecular weight is 330 g/mol. The Bertz CT molecular complexity index is 581. The number of para-hydroxylation sites is 1. The Morgan fingerprint density at radius 3 is 2.61 bits per heavy atom. The van der Waals surface area contributed by atoms with Gasteiger partial charge in [-0.3, -0.25) is 4.68 Å². The predicted molar refractivity (Wildman–Crippen MR) is 76.8 cm³/mol. The summed E-state index contributed by atoms with van der Waals surface area (Å²) in [6, 6.07) is 5.72. The number of aromatic nitrogens is 2. The van der Waals surface area contributed by atoms with Crippen molar-refractivity contribution in [2.75, 3.05) is 0 Å². The molecule has 1 heterocycles. The molecule has 2 aromatic rings. The molecule has 1 aromatic carbocycles. The lowest BCUT2D eigenvalue weighted by Gasteiger charge is -2.11. The largest absolute Gasteiger partial charge is 0.452 e. The second kappa shape index (κ2) is 5.33. The van der Waals surface area contributed by atoms with Gasteiger partial charge in [0.15, 0.2) is 5.75 Å². The van der Waals surface area contributed by atoms with Crippen LogP contribution in [0.25, 0.3) is 0 Å². The predicted octanol–water partition coefficient (Wildman–Crippen LogP) is 4.38. The molecule has 3 nitrogen and oxygen atoms in total. The van der Waals surface area contributed by atoms with Gasteiger partial charge in [-0.15, -0.1) is 0 Å². The van der Waals surface area contributed by atoms with E-state index in [2.05, 4.69) is 21.0 Å². The van der Waals surface area contributed by atoms with Crippen LogP contribution in [0.3, 0.4) is 0 Å². The number of hydrogen-bond acceptors (Lipinski definition) is 2. The van der Waals surface area contributed by atoms with Gasteiger partial charge in [-0.1, -0.05) is 39.7 Å². The molecule has 0 atom stereocenters. The highest BCUT2D eigenvalue weighted by molar-refractivity contribution is 9.08. The van der Waals surface area contributed by atoms with E-state index in [0.29, 0.717) is 16.1 Å². The van der Waals surface area contributed by atoms with Gasteiger partial charge in [-0.2, -0.15) is 5.10 Å². The Labute approximate surface area is 120 Å². The summed E-state index contributed by atoms with van der Waals surface area (Å²) in [6.07, 6.45) is 0. The fourth-order valence-electron chi connectivity index (χ4n) is 1.78. The second-order valence-electron chi connectivity index (χ2n) is 4.09. The van der Waals surface area contributed by atoms with Crippen molar-refractivity contribution < 1.29 is 4.74 Å². The number of ether oxygens (including phenoxy) is 1. The minimum Gasteiger partial charge on any atom is -0.452 e. The van der Waals surface area contributed by atoms with Gasteiger partial charge in [-0.05, 0) is 19.9 Å². The van der Waals surface area contributed by atoms with E-state index in [0.717, 1.165) is 22.7 Å². The normalized spacial score (nSPS) is 10.7. The summed E-state index contributed by atoms with van der Waals surface area (Å²) in [4.78, 5) is 0. The van der Waals surface area contributed by atoms with Crippen molar-refractivity contribution in [2.24, 2.45) is 7.05 Å². The number of benzene rings is 1. The molecule has 0 saturated heterocycles. The summed E-state index contributed by atoms with van der Waals surface area (Å²) in [7, 11) is 1.90. The lowest BCUT2D eigenvalue weighted by molar-refractivity contribution is 0.470. The highest BCUT2D eigenvalue weighted by Gasteiger charge is 2.15. The third-order valence-corrected chi connectivity index (χ3v) is 3.74. The van der Waals surface area contributed by atoms with Crippen LogP contribution in [0.5, 0.6) is 11.5 Å². The molecule has 2 rings (SSSR count). The van der Waals surface area contributed by atoms with Crippen LogP contribution >= 0.6 is 27.5 Å². The van der Waals surface area contributed by atoms with Gasteiger partial charge in [0.2, 0.25) is 0 Å². The fraction of sp³-hybridized carbons (Fsp3) is 0.308. The standard InChI is InChI=1S/C13H14BrClN2O/c1-8-12(9(2)17(3)16-8)18-13-10(7-14)5-4-6-11(13)15/h4-6H,7H2,1-3H3. The summed E-state index contributed by atoms with van der Waals surface area (Å²) < 4.78 is 7.77. The summed E-state index contributed by atoms with van der Waals surface area (Å²) in [6.45, 7) is 3.90. The van der Waals surface area contributed by atoms with Crippen molar-refractivity contribution in [3.8, 4) is 11.5 Å². The molecule has 0 bridgehead atoms. The molecular weight excluding hydrogens is 316 g/mol. The Hall–Kier alpha value is -1.000. The van der Waals surface area contributed by atoms with Crippen molar-refractivity contribution in [2.45, 2.75) is 19.2 Å². The lowest BCUT2D eigenvalue weighted by atomic mass is 10.2. The van der Waals surface area contributed by atoms with Crippen molar-refractivity contribution in [3.05, 3.63) is 40.2 Å². The summed E-state index contributed by atoms with van der Waals surface area (Å²) in [5.41, 5.74) is 2.86. The van der Waals surface area contributed by atoms with Crippen LogP contribution in [0.15, 0.2) is 18.2 Å². The number of nitrogens with zero attached hydrogens (tertiary/aromatic N) is 2. The van der Waals surface area contributed by atoms with E-state index in [4.69, 9.17) is 16.3 Å². The Kier molecular flexibility index (Phi) is 3.97. The zero-order valence-corrected chi connectivity index (χ0v) is 12.8. The first kappa shape index (κ1) is 13.4. The zero-order chi connectivity index (χ0) is 13.3. The number of rotatable bonds is 3. The first-order chi connectivity index (χ1) is 8.54. The number of aryl methyl sites for hydroxylation is 2. The molecule has 1 aromatic heterocycles. The van der Waals surface area contributed by atoms with E-state index >= 15 is 0 Å². The smallest absolute Gasteiger partial charge is 0.171 e. The topological polar surface area (TPSA) is 27.1 Å². The Morgan fingerprint density at radius 1 is 1.33 bits per heavy atom. The van der Waals surface area contributed by atoms with Gasteiger partial charge >= 0.3 is 0 Å². The van der Waals surface area contributed by atoms with Crippen LogP contribution < -0.4 is 4.74 Å². The van der Waals surface area contributed by atoms with E-state index in [-0.39, 0.29) is 0 Å². The van der Waals surface area contributed by atoms with Gasteiger partial charge in [0.05, 0.1) is 10.7 Å². The Morgan fingerprint density at radius 2 is 2.06 bits per heavy atom. The molecule has 0 aliphatic carbocycles. The first-order valence-corrected chi connectivity index (χ1v) is 7.06. The summed E-state index contributed by atoms with van der Waals surface area (Å²) in [5.74, 6) is 1.46. The maximum Gasteiger partial charge on any atom is 0.171 e. The number of alkyl halides is 1. The molecule has 0 N–H and O–H groups in total. The van der Waals surface area contributed by atoms with Gasteiger partial charge < -0.3 is 4.74 Å². The van der Waals surface area contributed by atoms with Crippen LogP contribution in [0.4, 0.5) is 0 Å². The lowest BCUT2D eigenvalue weighted by Crippen LogP contribution is -1.94. The van der Waals surface area contributed by atoms with E-state index in [1.807, 2.05) is 39.1 Å². The molecule has 0 unspecified atom stereocenters. The van der Waals surface area contributed by atoms with Crippen molar-refractivity contribution in [3.63, 3.8) is 0 Å². The molecule has 0 fully saturated rings. The quantitative estimate of drug-likeness (QED) is 0.782. The maximum absolute atomic E-state index is 6.20. The molecule has 96 valence electrons. The molecule has 0 aliphatic heterocycles. The van der Waals surface area contributed by atoms with Crippen molar-refractivity contribution in [1.29, 1.82) is 0 Å². The van der Waals surface area contributed by atoms with Crippen LogP contribution in [0, 0.1) is 13.8 Å². The van der Waals surface area contributed by atoms with Gasteiger partial charge in [-0.25, -0.2) is 0 Å². The third-order valence-electron chi connectivity index (χ3n) is 2.84. The third kappa shape index (κ3) is 2.40. The molecule has 0 amide bonds. The summed E-state index contributed by atoms with van der Waals surface area (Å²) >= 11 is 9.64. The number of hydrogen-bond donors (Lipinski definition) is 0. The van der Waals surface area contributed by atoms with E-state index in [1.54, 1.807) is 4.68 Å². The van der Waals surface area contributed by atoms with Crippen LogP contribution in [0.2, 0.25) is 5.02 Å². The second-order valence-corrected chi connectivity index (χ2v) is 5.06. The van der Waals surface area contributed by atoms with E-state index < -0.39 is 0 Å². The maximum atomic E-state index is 6.20.